The maximum Gasteiger partial charge on any atom is 0.172 e. The number of hydrogen-bond acceptors (Lipinski definition) is 5. The summed E-state index contributed by atoms with van der Waals surface area (Å²) in [6, 6.07) is 28.4. The number of benzene rings is 4. The van der Waals surface area contributed by atoms with Crippen LogP contribution in [0.3, 0.4) is 0 Å². The first-order valence-corrected chi connectivity index (χ1v) is 13.7. The fourth-order valence-electron chi connectivity index (χ4n) is 4.73. The molecule has 1 heterocycles. The van der Waals surface area contributed by atoms with Crippen LogP contribution in [0.25, 0.3) is 21.9 Å². The molecule has 1 fully saturated rings. The highest BCUT2D eigenvalue weighted by atomic mass is 32.2. The molecule has 1 aliphatic heterocycles. The van der Waals surface area contributed by atoms with E-state index in [1.54, 1.807) is 0 Å². The van der Waals surface area contributed by atoms with Crippen LogP contribution >= 0.6 is 11.8 Å². The minimum Gasteiger partial charge on any atom is -0.489 e. The highest BCUT2D eigenvalue weighted by Crippen LogP contribution is 2.33. The molecule has 1 N–H and O–H groups in total. The number of Topliss-reactive ketones (excluding diaryl/α,β-unsaturated/α-hetero) is 1. The zero-order chi connectivity index (χ0) is 24.9. The summed E-state index contributed by atoms with van der Waals surface area (Å²) >= 11 is 1.53. The summed E-state index contributed by atoms with van der Waals surface area (Å²) < 4.78 is 12.0. The first-order valence-electron chi connectivity index (χ1n) is 12.3. The van der Waals surface area contributed by atoms with Crippen molar-refractivity contribution in [2.24, 2.45) is 0 Å². The molecule has 2 atom stereocenters. The van der Waals surface area contributed by atoms with Gasteiger partial charge >= 0.3 is 0 Å². The monoisotopic (exact) mass is 498 g/mol. The number of carbonyl (C=O) groups is 1. The van der Waals surface area contributed by atoms with Gasteiger partial charge < -0.3 is 14.6 Å². The highest BCUT2D eigenvalue weighted by Gasteiger charge is 2.22. The van der Waals surface area contributed by atoms with Crippen molar-refractivity contribution in [3.63, 3.8) is 0 Å². The molecule has 0 aromatic heterocycles. The van der Waals surface area contributed by atoms with Gasteiger partial charge in [0.25, 0.3) is 0 Å². The molecule has 4 aromatic carbocycles. The predicted molar refractivity (Wildman–Crippen MR) is 147 cm³/mol. The Bertz CT molecular complexity index is 1350. The van der Waals surface area contributed by atoms with E-state index in [-0.39, 0.29) is 18.0 Å². The summed E-state index contributed by atoms with van der Waals surface area (Å²) in [5.41, 5.74) is 4.96. The largest absolute Gasteiger partial charge is 0.489 e. The lowest BCUT2D eigenvalue weighted by atomic mass is 9.94. The molecular weight excluding hydrogens is 468 g/mol. The number of fused-ring (bicyclic) bond motifs is 1. The molecule has 0 radical (unpaired) electrons. The van der Waals surface area contributed by atoms with E-state index >= 15 is 0 Å². The zero-order valence-electron chi connectivity index (χ0n) is 20.4. The van der Waals surface area contributed by atoms with Crippen LogP contribution in [0.5, 0.6) is 5.75 Å². The number of carbonyl (C=O) groups excluding carboxylic acids is 1. The lowest BCUT2D eigenvalue weighted by Crippen LogP contribution is -2.23. The van der Waals surface area contributed by atoms with Crippen LogP contribution in [-0.4, -0.2) is 35.6 Å². The Morgan fingerprint density at radius 3 is 2.69 bits per heavy atom. The van der Waals surface area contributed by atoms with Gasteiger partial charge in [-0.3, -0.25) is 4.79 Å². The van der Waals surface area contributed by atoms with Gasteiger partial charge in [0.2, 0.25) is 0 Å². The predicted octanol–water partition coefficient (Wildman–Crippen LogP) is 6.84. The van der Waals surface area contributed by atoms with Crippen molar-refractivity contribution in [2.45, 2.75) is 31.7 Å². The van der Waals surface area contributed by atoms with Crippen LogP contribution in [0.15, 0.2) is 84.9 Å². The molecule has 0 aliphatic carbocycles. The molecule has 4 aromatic rings. The quantitative estimate of drug-likeness (QED) is 0.270. The van der Waals surface area contributed by atoms with E-state index in [9.17, 15) is 9.90 Å². The van der Waals surface area contributed by atoms with Gasteiger partial charge in [-0.1, -0.05) is 54.6 Å². The summed E-state index contributed by atoms with van der Waals surface area (Å²) in [7, 11) is 0. The Morgan fingerprint density at radius 2 is 1.89 bits per heavy atom. The number of aliphatic hydroxyl groups excluding tert-OH is 1. The molecule has 1 aliphatic rings. The Hall–Kier alpha value is -3.12. The Morgan fingerprint density at radius 1 is 1.03 bits per heavy atom. The van der Waals surface area contributed by atoms with E-state index in [1.807, 2.05) is 66.9 Å². The number of aliphatic hydroxyl groups is 1. The standard InChI is InChI=1S/C31H30O4S/c1-36-20-30(33)25-15-24-16-27(10-11-28(24)29(17-25)22-7-3-2-4-8-22)35-19-21-6-5-9-23(14-21)31-18-26(32)12-13-34-31/h2-11,14-17,26,31-32H,12-13,18-20H2,1H3. The van der Waals surface area contributed by atoms with E-state index in [1.165, 1.54) is 11.8 Å². The summed E-state index contributed by atoms with van der Waals surface area (Å²) in [4.78, 5) is 12.8. The summed E-state index contributed by atoms with van der Waals surface area (Å²) in [6.07, 6.45) is 2.87. The summed E-state index contributed by atoms with van der Waals surface area (Å²) in [6.45, 7) is 1.00. The van der Waals surface area contributed by atoms with Crippen LogP contribution in [0.1, 0.15) is 40.4 Å². The number of ether oxygens (including phenoxy) is 2. The third-order valence-corrected chi connectivity index (χ3v) is 7.14. The van der Waals surface area contributed by atoms with Crippen molar-refractivity contribution in [2.75, 3.05) is 18.6 Å². The van der Waals surface area contributed by atoms with Gasteiger partial charge in [0.15, 0.2) is 5.78 Å². The Kier molecular flexibility index (Phi) is 7.71. The highest BCUT2D eigenvalue weighted by molar-refractivity contribution is 7.99. The lowest BCUT2D eigenvalue weighted by Gasteiger charge is -2.27. The van der Waals surface area contributed by atoms with Gasteiger partial charge in [0.05, 0.1) is 18.0 Å². The zero-order valence-corrected chi connectivity index (χ0v) is 21.2. The Balaban J connectivity index is 1.41. The van der Waals surface area contributed by atoms with Gasteiger partial charge in [-0.25, -0.2) is 0 Å². The van der Waals surface area contributed by atoms with Gasteiger partial charge in [0, 0.05) is 18.6 Å². The van der Waals surface area contributed by atoms with Crippen LogP contribution < -0.4 is 4.74 Å². The average Bonchev–Trinajstić information content (AvgIpc) is 2.92. The lowest BCUT2D eigenvalue weighted by molar-refractivity contribution is -0.0448. The van der Waals surface area contributed by atoms with E-state index in [4.69, 9.17) is 9.47 Å². The summed E-state index contributed by atoms with van der Waals surface area (Å²) in [5, 5.41) is 12.1. The number of ketones is 1. The normalized spacial score (nSPS) is 17.7. The SMILES string of the molecule is CSCC(=O)c1cc(-c2ccccc2)c2ccc(OCc3cccc(C4CC(O)CCO4)c3)cc2c1. The smallest absolute Gasteiger partial charge is 0.172 e. The Labute approximate surface area is 216 Å². The van der Waals surface area contributed by atoms with Crippen LogP contribution in [-0.2, 0) is 11.3 Å². The third-order valence-electron chi connectivity index (χ3n) is 6.59. The van der Waals surface area contributed by atoms with Crippen LogP contribution in [0, 0.1) is 0 Å². The van der Waals surface area contributed by atoms with Crippen molar-refractivity contribution in [3.05, 3.63) is 102 Å². The van der Waals surface area contributed by atoms with Crippen LogP contribution in [0.2, 0.25) is 0 Å². The fraction of sp³-hybridized carbons (Fsp3) is 0.258. The molecule has 1 saturated heterocycles. The first kappa shape index (κ1) is 24.6. The summed E-state index contributed by atoms with van der Waals surface area (Å²) in [5.74, 6) is 1.33. The van der Waals surface area contributed by atoms with E-state index in [0.29, 0.717) is 31.8 Å². The van der Waals surface area contributed by atoms with Gasteiger partial charge in [-0.15, -0.1) is 0 Å². The third kappa shape index (κ3) is 5.65. The number of hydrogen-bond donors (Lipinski definition) is 1. The molecule has 0 saturated carbocycles. The minimum atomic E-state index is -0.310. The molecule has 0 amide bonds. The van der Waals surface area contributed by atoms with E-state index in [0.717, 1.165) is 44.3 Å². The second-order valence-corrected chi connectivity index (χ2v) is 10.1. The van der Waals surface area contributed by atoms with Crippen LogP contribution in [0.4, 0.5) is 0 Å². The van der Waals surface area contributed by atoms with Crippen molar-refractivity contribution in [1.29, 1.82) is 0 Å². The molecule has 0 bridgehead atoms. The first-order chi connectivity index (χ1) is 17.6. The van der Waals surface area contributed by atoms with Gasteiger partial charge in [-0.05, 0) is 76.0 Å². The second-order valence-electron chi connectivity index (χ2n) is 9.20. The maximum absolute atomic E-state index is 12.8. The molecule has 36 heavy (non-hydrogen) atoms. The molecule has 4 nitrogen and oxygen atoms in total. The fourth-order valence-corrected chi connectivity index (χ4v) is 5.16. The number of thioether (sulfide) groups is 1. The average molecular weight is 499 g/mol. The van der Waals surface area contributed by atoms with E-state index < -0.39 is 0 Å². The molecule has 0 spiro atoms. The van der Waals surface area contributed by atoms with Crippen molar-refractivity contribution in [3.8, 4) is 16.9 Å². The number of rotatable bonds is 8. The van der Waals surface area contributed by atoms with Gasteiger partial charge in [-0.2, -0.15) is 11.8 Å². The molecule has 5 heteroatoms. The van der Waals surface area contributed by atoms with Crippen molar-refractivity contribution < 1.29 is 19.4 Å². The van der Waals surface area contributed by atoms with Gasteiger partial charge in [0.1, 0.15) is 12.4 Å². The minimum absolute atomic E-state index is 0.0805. The molecule has 2 unspecified atom stereocenters. The molecular formula is C31H30O4S. The van der Waals surface area contributed by atoms with Crippen molar-refractivity contribution in [1.82, 2.24) is 0 Å². The maximum atomic E-state index is 12.8. The van der Waals surface area contributed by atoms with E-state index in [2.05, 4.69) is 24.3 Å². The molecule has 5 rings (SSSR count). The topological polar surface area (TPSA) is 55.8 Å². The molecule has 184 valence electrons. The van der Waals surface area contributed by atoms with Crippen molar-refractivity contribution >= 4 is 28.3 Å². The second kappa shape index (κ2) is 11.3.